The van der Waals surface area contributed by atoms with Crippen molar-refractivity contribution >= 4 is 28.2 Å². The lowest BCUT2D eigenvalue weighted by molar-refractivity contribution is 0.102. The summed E-state index contributed by atoms with van der Waals surface area (Å²) in [5.74, 6) is 0.165. The third kappa shape index (κ3) is 2.50. The number of carbonyl (C=O) groups excluding carboxylic acids is 1. The van der Waals surface area contributed by atoms with Gasteiger partial charge in [0.15, 0.2) is 4.96 Å². The maximum atomic E-state index is 12.2. The molecule has 1 aliphatic carbocycles. The van der Waals surface area contributed by atoms with E-state index in [2.05, 4.69) is 20.4 Å². The predicted molar refractivity (Wildman–Crippen MR) is 83.2 cm³/mol. The van der Waals surface area contributed by atoms with Crippen LogP contribution in [0.5, 0.6) is 0 Å². The zero-order chi connectivity index (χ0) is 14.9. The van der Waals surface area contributed by atoms with Crippen LogP contribution < -0.4 is 5.32 Å². The van der Waals surface area contributed by atoms with Gasteiger partial charge in [0, 0.05) is 18.6 Å². The van der Waals surface area contributed by atoms with Crippen LogP contribution in [0.25, 0.3) is 4.96 Å². The quantitative estimate of drug-likeness (QED) is 0.806. The molecule has 1 amide bonds. The van der Waals surface area contributed by atoms with Crippen molar-refractivity contribution in [2.75, 3.05) is 5.32 Å². The number of nitrogens with one attached hydrogen (secondary N) is 1. The lowest BCUT2D eigenvalue weighted by Gasteiger charge is -2.20. The molecule has 0 atom stereocenters. The number of thiazole rings is 1. The molecular formula is C14H16N6OS. The third-order valence-electron chi connectivity index (χ3n) is 4.00. The number of rotatable bonds is 3. The second kappa shape index (κ2) is 5.53. The molecule has 1 N–H and O–H groups in total. The number of nitrogens with zero attached hydrogens (tertiary/aromatic N) is 5. The minimum absolute atomic E-state index is 0.197. The maximum Gasteiger partial charge on any atom is 0.269 e. The van der Waals surface area contributed by atoms with Gasteiger partial charge in [-0.3, -0.25) is 14.5 Å². The molecular weight excluding hydrogens is 300 g/mol. The van der Waals surface area contributed by atoms with Gasteiger partial charge in [0.05, 0.1) is 6.04 Å². The Hall–Kier alpha value is -2.22. The molecule has 3 aromatic heterocycles. The molecule has 114 valence electrons. The monoisotopic (exact) mass is 316 g/mol. The Kier molecular flexibility index (Phi) is 3.38. The first kappa shape index (κ1) is 13.4. The van der Waals surface area contributed by atoms with Gasteiger partial charge in [-0.25, -0.2) is 14.6 Å². The lowest BCUT2D eigenvalue weighted by atomic mass is 9.96. The molecule has 1 saturated carbocycles. The van der Waals surface area contributed by atoms with Crippen molar-refractivity contribution in [1.82, 2.24) is 24.1 Å². The Balaban J connectivity index is 1.47. The van der Waals surface area contributed by atoms with Crippen LogP contribution in [0, 0.1) is 0 Å². The Bertz CT molecular complexity index is 769. The lowest BCUT2D eigenvalue weighted by Crippen LogP contribution is -2.15. The van der Waals surface area contributed by atoms with Gasteiger partial charge in [-0.15, -0.1) is 5.10 Å². The van der Waals surface area contributed by atoms with Gasteiger partial charge in [0.1, 0.15) is 11.2 Å². The number of hydrogen-bond donors (Lipinski definition) is 1. The van der Waals surface area contributed by atoms with Crippen molar-refractivity contribution in [3.63, 3.8) is 0 Å². The summed E-state index contributed by atoms with van der Waals surface area (Å²) in [4.78, 5) is 22.0. The van der Waals surface area contributed by atoms with Crippen molar-refractivity contribution in [2.24, 2.45) is 0 Å². The summed E-state index contributed by atoms with van der Waals surface area (Å²) >= 11 is 1.34. The standard InChI is InChI=1S/C14H16N6OS/c21-12(11-8-19-7-6-15-14(19)22-11)17-13-16-9-20(18-13)10-4-2-1-3-5-10/h6-10H,1-5H2,(H,17,18,21). The van der Waals surface area contributed by atoms with Crippen LogP contribution in [0.1, 0.15) is 47.8 Å². The Morgan fingerprint density at radius 1 is 1.27 bits per heavy atom. The summed E-state index contributed by atoms with van der Waals surface area (Å²) < 4.78 is 3.71. The van der Waals surface area contributed by atoms with Crippen molar-refractivity contribution < 1.29 is 4.79 Å². The van der Waals surface area contributed by atoms with Crippen molar-refractivity contribution in [3.05, 3.63) is 29.8 Å². The topological polar surface area (TPSA) is 77.1 Å². The second-order valence-corrected chi connectivity index (χ2v) is 6.52. The van der Waals surface area contributed by atoms with E-state index in [0.29, 0.717) is 16.9 Å². The van der Waals surface area contributed by atoms with Crippen LogP contribution in [0.3, 0.4) is 0 Å². The van der Waals surface area contributed by atoms with Crippen LogP contribution in [0.4, 0.5) is 5.95 Å². The summed E-state index contributed by atoms with van der Waals surface area (Å²) in [6.07, 6.45) is 13.1. The van der Waals surface area contributed by atoms with E-state index < -0.39 is 0 Å². The number of amides is 1. The molecule has 0 aromatic carbocycles. The van der Waals surface area contributed by atoms with E-state index >= 15 is 0 Å². The molecule has 0 spiro atoms. The van der Waals surface area contributed by atoms with E-state index in [1.165, 1.54) is 30.6 Å². The largest absolute Gasteiger partial charge is 0.297 e. The third-order valence-corrected chi connectivity index (χ3v) is 5.01. The number of hydrogen-bond acceptors (Lipinski definition) is 5. The van der Waals surface area contributed by atoms with Crippen LogP contribution >= 0.6 is 11.3 Å². The normalized spacial score (nSPS) is 16.2. The van der Waals surface area contributed by atoms with Gasteiger partial charge in [0.25, 0.3) is 5.91 Å². The van der Waals surface area contributed by atoms with E-state index in [0.717, 1.165) is 17.8 Å². The fourth-order valence-corrected chi connectivity index (χ4v) is 3.69. The van der Waals surface area contributed by atoms with Crippen LogP contribution in [-0.2, 0) is 0 Å². The fraction of sp³-hybridized carbons (Fsp3) is 0.429. The average Bonchev–Trinajstić information content (AvgIpc) is 3.23. The van der Waals surface area contributed by atoms with E-state index in [1.54, 1.807) is 18.7 Å². The zero-order valence-corrected chi connectivity index (χ0v) is 12.8. The molecule has 3 aromatic rings. The average molecular weight is 316 g/mol. The number of carbonyl (C=O) groups is 1. The summed E-state index contributed by atoms with van der Waals surface area (Å²) in [7, 11) is 0. The van der Waals surface area contributed by atoms with Crippen LogP contribution in [0.2, 0.25) is 0 Å². The van der Waals surface area contributed by atoms with Gasteiger partial charge >= 0.3 is 0 Å². The van der Waals surface area contributed by atoms with E-state index in [9.17, 15) is 4.79 Å². The Morgan fingerprint density at radius 2 is 2.14 bits per heavy atom. The molecule has 1 fully saturated rings. The summed E-state index contributed by atoms with van der Waals surface area (Å²) in [5.41, 5.74) is 0. The highest BCUT2D eigenvalue weighted by Crippen LogP contribution is 2.27. The number of aromatic nitrogens is 5. The fourth-order valence-electron chi connectivity index (χ4n) is 2.85. The smallest absolute Gasteiger partial charge is 0.269 e. The van der Waals surface area contributed by atoms with E-state index in [-0.39, 0.29) is 5.91 Å². The van der Waals surface area contributed by atoms with Gasteiger partial charge in [-0.1, -0.05) is 30.6 Å². The van der Waals surface area contributed by atoms with Gasteiger partial charge in [-0.05, 0) is 12.8 Å². The molecule has 0 radical (unpaired) electrons. The minimum Gasteiger partial charge on any atom is -0.297 e. The van der Waals surface area contributed by atoms with Gasteiger partial charge < -0.3 is 0 Å². The molecule has 22 heavy (non-hydrogen) atoms. The molecule has 1 aliphatic rings. The van der Waals surface area contributed by atoms with Crippen LogP contribution in [0.15, 0.2) is 24.9 Å². The highest BCUT2D eigenvalue weighted by molar-refractivity contribution is 7.18. The highest BCUT2D eigenvalue weighted by atomic mass is 32.1. The first-order valence-corrected chi connectivity index (χ1v) is 8.26. The van der Waals surface area contributed by atoms with Gasteiger partial charge in [0.2, 0.25) is 5.95 Å². The number of anilines is 1. The number of imidazole rings is 1. The SMILES string of the molecule is O=C(Nc1ncn(C2CCCCC2)n1)c1cn2ccnc2s1. The predicted octanol–water partition coefficient (Wildman–Crippen LogP) is 2.74. The maximum absolute atomic E-state index is 12.2. The first-order valence-electron chi connectivity index (χ1n) is 7.44. The molecule has 4 rings (SSSR count). The first-order chi connectivity index (χ1) is 10.8. The Morgan fingerprint density at radius 3 is 2.95 bits per heavy atom. The molecule has 0 aliphatic heterocycles. The molecule has 7 nitrogen and oxygen atoms in total. The van der Waals surface area contributed by atoms with E-state index in [1.807, 2.05) is 15.3 Å². The molecule has 0 unspecified atom stereocenters. The Labute approximate surface area is 131 Å². The zero-order valence-electron chi connectivity index (χ0n) is 12.0. The molecule has 0 bridgehead atoms. The minimum atomic E-state index is -0.197. The highest BCUT2D eigenvalue weighted by Gasteiger charge is 2.18. The van der Waals surface area contributed by atoms with Crippen LogP contribution in [-0.4, -0.2) is 30.1 Å². The van der Waals surface area contributed by atoms with Gasteiger partial charge in [-0.2, -0.15) is 0 Å². The summed E-state index contributed by atoms with van der Waals surface area (Å²) in [5, 5.41) is 7.15. The second-order valence-electron chi connectivity index (χ2n) is 5.51. The van der Waals surface area contributed by atoms with Crippen molar-refractivity contribution in [2.45, 2.75) is 38.1 Å². The molecule has 3 heterocycles. The summed E-state index contributed by atoms with van der Waals surface area (Å²) in [6.45, 7) is 0. The summed E-state index contributed by atoms with van der Waals surface area (Å²) in [6, 6.07) is 0.414. The molecule has 0 saturated heterocycles. The van der Waals surface area contributed by atoms with E-state index in [4.69, 9.17) is 0 Å². The molecule has 8 heteroatoms. The number of fused-ring (bicyclic) bond motifs is 1. The van der Waals surface area contributed by atoms with Crippen molar-refractivity contribution in [3.8, 4) is 0 Å². The van der Waals surface area contributed by atoms with Crippen molar-refractivity contribution in [1.29, 1.82) is 0 Å².